The van der Waals surface area contributed by atoms with Gasteiger partial charge in [-0.3, -0.25) is 0 Å². The third-order valence-corrected chi connectivity index (χ3v) is 3.34. The average Bonchev–Trinajstić information content (AvgIpc) is 2.46. The lowest BCUT2D eigenvalue weighted by molar-refractivity contribution is 0.184. The highest BCUT2D eigenvalue weighted by Gasteiger charge is 2.04. The molecule has 0 saturated heterocycles. The van der Waals surface area contributed by atoms with Crippen molar-refractivity contribution in [1.82, 2.24) is 9.97 Å². The van der Waals surface area contributed by atoms with Crippen LogP contribution in [0.3, 0.4) is 0 Å². The van der Waals surface area contributed by atoms with E-state index in [0.717, 1.165) is 22.7 Å². The van der Waals surface area contributed by atoms with Gasteiger partial charge >= 0.3 is 0 Å². The predicted octanol–water partition coefficient (Wildman–Crippen LogP) is 3.56. The molecule has 106 valence electrons. The van der Waals surface area contributed by atoms with Crippen molar-refractivity contribution in [1.29, 1.82) is 0 Å². The zero-order chi connectivity index (χ0) is 14.4. The van der Waals surface area contributed by atoms with E-state index in [0.29, 0.717) is 13.2 Å². The highest BCUT2D eigenvalue weighted by molar-refractivity contribution is 9.10. The number of nitrogens with zero attached hydrogens (tertiary/aromatic N) is 2. The number of ether oxygens (including phenoxy) is 1. The Morgan fingerprint density at radius 2 is 1.95 bits per heavy atom. The van der Waals surface area contributed by atoms with Gasteiger partial charge in [0.15, 0.2) is 0 Å². The Morgan fingerprint density at radius 3 is 2.65 bits per heavy atom. The molecule has 5 heteroatoms. The summed E-state index contributed by atoms with van der Waals surface area (Å²) in [6.45, 7) is 3.37. The van der Waals surface area contributed by atoms with Crippen LogP contribution in [0.15, 0.2) is 34.9 Å². The molecule has 2 rings (SSSR count). The SMILES string of the molecule is CCc1nc(Br)cc(NCc2ccccc2COC)n1. The summed E-state index contributed by atoms with van der Waals surface area (Å²) in [5.74, 6) is 1.66. The lowest BCUT2D eigenvalue weighted by Gasteiger charge is -2.11. The van der Waals surface area contributed by atoms with Gasteiger partial charge in [-0.05, 0) is 27.1 Å². The third kappa shape index (κ3) is 4.02. The maximum absolute atomic E-state index is 5.22. The first-order valence-corrected chi connectivity index (χ1v) is 7.35. The summed E-state index contributed by atoms with van der Waals surface area (Å²) < 4.78 is 6.02. The molecular weight excluding hydrogens is 318 g/mol. The predicted molar refractivity (Wildman–Crippen MR) is 83.6 cm³/mol. The lowest BCUT2D eigenvalue weighted by Crippen LogP contribution is -2.06. The van der Waals surface area contributed by atoms with Crippen molar-refractivity contribution >= 4 is 21.7 Å². The van der Waals surface area contributed by atoms with E-state index >= 15 is 0 Å². The van der Waals surface area contributed by atoms with Gasteiger partial charge in [0.25, 0.3) is 0 Å². The maximum Gasteiger partial charge on any atom is 0.131 e. The van der Waals surface area contributed by atoms with E-state index in [2.05, 4.69) is 43.3 Å². The van der Waals surface area contributed by atoms with Gasteiger partial charge < -0.3 is 10.1 Å². The second-order valence-corrected chi connectivity index (χ2v) is 5.21. The quantitative estimate of drug-likeness (QED) is 0.820. The number of methoxy groups -OCH3 is 1. The highest BCUT2D eigenvalue weighted by Crippen LogP contribution is 2.15. The Kier molecular flexibility index (Phi) is 5.49. The van der Waals surface area contributed by atoms with Gasteiger partial charge in [0.2, 0.25) is 0 Å². The molecule has 0 amide bonds. The summed E-state index contributed by atoms with van der Waals surface area (Å²) in [5, 5.41) is 3.34. The van der Waals surface area contributed by atoms with E-state index in [1.807, 2.05) is 25.1 Å². The van der Waals surface area contributed by atoms with E-state index < -0.39 is 0 Å². The zero-order valence-electron chi connectivity index (χ0n) is 11.7. The second-order valence-electron chi connectivity index (χ2n) is 4.40. The summed E-state index contributed by atoms with van der Waals surface area (Å²) in [7, 11) is 1.71. The first kappa shape index (κ1) is 14.9. The average molecular weight is 336 g/mol. The van der Waals surface area contributed by atoms with Gasteiger partial charge in [0.05, 0.1) is 6.61 Å². The van der Waals surface area contributed by atoms with Crippen molar-refractivity contribution in [2.24, 2.45) is 0 Å². The summed E-state index contributed by atoms with van der Waals surface area (Å²) in [6, 6.07) is 10.1. The van der Waals surface area contributed by atoms with Crippen LogP contribution in [-0.4, -0.2) is 17.1 Å². The molecule has 0 spiro atoms. The lowest BCUT2D eigenvalue weighted by atomic mass is 10.1. The number of hydrogen-bond acceptors (Lipinski definition) is 4. The number of aromatic nitrogens is 2. The minimum absolute atomic E-state index is 0.617. The van der Waals surface area contributed by atoms with Crippen molar-refractivity contribution < 1.29 is 4.74 Å². The Hall–Kier alpha value is -1.46. The van der Waals surface area contributed by atoms with Crippen LogP contribution < -0.4 is 5.32 Å². The molecule has 0 radical (unpaired) electrons. The van der Waals surface area contributed by atoms with E-state index in [9.17, 15) is 0 Å². The van der Waals surface area contributed by atoms with E-state index in [1.165, 1.54) is 11.1 Å². The minimum atomic E-state index is 0.617. The fraction of sp³-hybridized carbons (Fsp3) is 0.333. The Labute approximate surface area is 127 Å². The number of halogens is 1. The van der Waals surface area contributed by atoms with E-state index in [1.54, 1.807) is 7.11 Å². The van der Waals surface area contributed by atoms with Crippen LogP contribution in [0, 0.1) is 0 Å². The number of rotatable bonds is 6. The normalized spacial score (nSPS) is 10.6. The van der Waals surface area contributed by atoms with E-state index in [-0.39, 0.29) is 0 Å². The summed E-state index contributed by atoms with van der Waals surface area (Å²) in [5.41, 5.74) is 2.40. The van der Waals surface area contributed by atoms with Crippen molar-refractivity contribution in [3.63, 3.8) is 0 Å². The number of benzene rings is 1. The van der Waals surface area contributed by atoms with Crippen molar-refractivity contribution in [2.75, 3.05) is 12.4 Å². The number of nitrogens with one attached hydrogen (secondary N) is 1. The van der Waals surface area contributed by atoms with Gasteiger partial charge in [0.1, 0.15) is 16.2 Å². The van der Waals surface area contributed by atoms with Gasteiger partial charge in [-0.2, -0.15) is 0 Å². The molecule has 0 fully saturated rings. The molecule has 1 heterocycles. The minimum Gasteiger partial charge on any atom is -0.380 e. The number of hydrogen-bond donors (Lipinski definition) is 1. The first-order chi connectivity index (χ1) is 9.72. The van der Waals surface area contributed by atoms with Crippen molar-refractivity contribution in [2.45, 2.75) is 26.5 Å². The van der Waals surface area contributed by atoms with Crippen LogP contribution >= 0.6 is 15.9 Å². The maximum atomic E-state index is 5.22. The van der Waals surface area contributed by atoms with Crippen molar-refractivity contribution in [3.8, 4) is 0 Å². The monoisotopic (exact) mass is 335 g/mol. The van der Waals surface area contributed by atoms with Gasteiger partial charge in [-0.1, -0.05) is 31.2 Å². The number of aryl methyl sites for hydroxylation is 1. The smallest absolute Gasteiger partial charge is 0.131 e. The summed E-state index contributed by atoms with van der Waals surface area (Å²) in [4.78, 5) is 8.76. The number of anilines is 1. The Balaban J connectivity index is 2.10. The molecule has 0 aliphatic carbocycles. The summed E-state index contributed by atoms with van der Waals surface area (Å²) in [6.07, 6.45) is 0.814. The van der Waals surface area contributed by atoms with Crippen LogP contribution in [0.1, 0.15) is 23.9 Å². The zero-order valence-corrected chi connectivity index (χ0v) is 13.3. The molecule has 0 atom stereocenters. The van der Waals surface area contributed by atoms with Gasteiger partial charge in [-0.25, -0.2) is 9.97 Å². The molecule has 0 saturated carbocycles. The molecule has 2 aromatic rings. The summed E-state index contributed by atoms with van der Waals surface area (Å²) >= 11 is 3.41. The molecule has 1 aromatic carbocycles. The van der Waals surface area contributed by atoms with Crippen LogP contribution in [0.5, 0.6) is 0 Å². The van der Waals surface area contributed by atoms with Crippen LogP contribution in [-0.2, 0) is 24.3 Å². The standard InChI is InChI=1S/C15H18BrN3O/c1-3-14-18-13(16)8-15(19-14)17-9-11-6-4-5-7-12(11)10-20-2/h4-8H,3,9-10H2,1-2H3,(H,17,18,19). The molecule has 0 bridgehead atoms. The third-order valence-electron chi connectivity index (χ3n) is 2.94. The Bertz CT molecular complexity index is 575. The highest BCUT2D eigenvalue weighted by atomic mass is 79.9. The topological polar surface area (TPSA) is 47.0 Å². The fourth-order valence-corrected chi connectivity index (χ4v) is 2.35. The molecular formula is C15H18BrN3O. The first-order valence-electron chi connectivity index (χ1n) is 6.56. The van der Waals surface area contributed by atoms with E-state index in [4.69, 9.17) is 4.74 Å². The molecule has 0 aliphatic heterocycles. The van der Waals surface area contributed by atoms with Crippen molar-refractivity contribution in [3.05, 3.63) is 51.9 Å². The Morgan fingerprint density at radius 1 is 1.20 bits per heavy atom. The molecule has 0 aliphatic rings. The second kappa shape index (κ2) is 7.36. The molecule has 4 nitrogen and oxygen atoms in total. The van der Waals surface area contributed by atoms with Crippen LogP contribution in [0.4, 0.5) is 5.82 Å². The molecule has 20 heavy (non-hydrogen) atoms. The molecule has 1 N–H and O–H groups in total. The van der Waals surface area contributed by atoms with Gasteiger partial charge in [-0.15, -0.1) is 0 Å². The largest absolute Gasteiger partial charge is 0.380 e. The molecule has 1 aromatic heterocycles. The van der Waals surface area contributed by atoms with Gasteiger partial charge in [0, 0.05) is 26.1 Å². The molecule has 0 unspecified atom stereocenters. The fourth-order valence-electron chi connectivity index (χ4n) is 1.93. The van der Waals surface area contributed by atoms with Crippen LogP contribution in [0.25, 0.3) is 0 Å². The van der Waals surface area contributed by atoms with Crippen LogP contribution in [0.2, 0.25) is 0 Å².